The smallest absolute Gasteiger partial charge is 0.296 e. The summed E-state index contributed by atoms with van der Waals surface area (Å²) in [6, 6.07) is 2.38. The van der Waals surface area contributed by atoms with E-state index in [0.29, 0.717) is 0 Å². The Morgan fingerprint density at radius 3 is 2.50 bits per heavy atom. The van der Waals surface area contributed by atoms with Crippen LogP contribution in [0.5, 0.6) is 0 Å². The summed E-state index contributed by atoms with van der Waals surface area (Å²) >= 11 is 16.8. The van der Waals surface area contributed by atoms with Gasteiger partial charge < -0.3 is 5.73 Å². The summed E-state index contributed by atoms with van der Waals surface area (Å²) in [6.45, 7) is 0. The number of aliphatic imine (C=N–C) groups is 1. The van der Waals surface area contributed by atoms with Crippen LogP contribution in [0.1, 0.15) is 0 Å². The standard InChI is InChI=1S/C8H6Cl3N3O2/c9-3-8(12)13-6-1-4(10)5(11)2-7(6)14(15)16/h1-2H,3H2,(H2,12,13). The number of nitro benzene ring substituents is 1. The van der Waals surface area contributed by atoms with E-state index in [-0.39, 0.29) is 33.1 Å². The van der Waals surface area contributed by atoms with Crippen LogP contribution in [0, 0.1) is 10.1 Å². The van der Waals surface area contributed by atoms with Gasteiger partial charge in [-0.2, -0.15) is 0 Å². The van der Waals surface area contributed by atoms with E-state index >= 15 is 0 Å². The van der Waals surface area contributed by atoms with Crippen LogP contribution >= 0.6 is 34.8 Å². The third kappa shape index (κ3) is 2.98. The van der Waals surface area contributed by atoms with Crippen molar-refractivity contribution in [1.82, 2.24) is 0 Å². The molecule has 16 heavy (non-hydrogen) atoms. The number of amidine groups is 1. The first-order valence-corrected chi connectivity index (χ1v) is 5.27. The lowest BCUT2D eigenvalue weighted by Gasteiger charge is -2.01. The summed E-state index contributed by atoms with van der Waals surface area (Å²) in [5.74, 6) is 0.0281. The van der Waals surface area contributed by atoms with Crippen molar-refractivity contribution in [3.05, 3.63) is 32.3 Å². The van der Waals surface area contributed by atoms with Gasteiger partial charge in [-0.3, -0.25) is 10.1 Å². The van der Waals surface area contributed by atoms with Crippen LogP contribution in [0.2, 0.25) is 10.0 Å². The second kappa shape index (κ2) is 5.34. The molecule has 0 radical (unpaired) electrons. The van der Waals surface area contributed by atoms with Gasteiger partial charge in [-0.1, -0.05) is 23.2 Å². The molecule has 0 aliphatic rings. The summed E-state index contributed by atoms with van der Waals surface area (Å²) in [6.07, 6.45) is 0. The Kier molecular flexibility index (Phi) is 4.35. The molecule has 0 heterocycles. The molecule has 0 atom stereocenters. The second-order valence-corrected chi connectivity index (χ2v) is 3.83. The fourth-order valence-corrected chi connectivity index (χ4v) is 1.32. The topological polar surface area (TPSA) is 81.5 Å². The molecule has 1 aromatic rings. The predicted octanol–water partition coefficient (Wildman–Crippen LogP) is 3.13. The molecule has 0 aliphatic heterocycles. The van der Waals surface area contributed by atoms with Crippen LogP contribution in [-0.2, 0) is 0 Å². The monoisotopic (exact) mass is 281 g/mol. The van der Waals surface area contributed by atoms with E-state index in [2.05, 4.69) is 4.99 Å². The van der Waals surface area contributed by atoms with Gasteiger partial charge in [-0.05, 0) is 6.07 Å². The van der Waals surface area contributed by atoms with Gasteiger partial charge in [0, 0.05) is 6.07 Å². The molecule has 0 saturated heterocycles. The Morgan fingerprint density at radius 1 is 1.44 bits per heavy atom. The van der Waals surface area contributed by atoms with E-state index in [1.165, 1.54) is 6.07 Å². The van der Waals surface area contributed by atoms with Crippen LogP contribution in [0.15, 0.2) is 17.1 Å². The minimum Gasteiger partial charge on any atom is -0.386 e. The van der Waals surface area contributed by atoms with Crippen LogP contribution in [-0.4, -0.2) is 16.6 Å². The molecule has 0 spiro atoms. The van der Waals surface area contributed by atoms with Gasteiger partial charge >= 0.3 is 0 Å². The largest absolute Gasteiger partial charge is 0.386 e. The van der Waals surface area contributed by atoms with E-state index in [0.717, 1.165) is 6.07 Å². The molecule has 2 N–H and O–H groups in total. The van der Waals surface area contributed by atoms with Crippen molar-refractivity contribution in [2.75, 3.05) is 5.88 Å². The molecular weight excluding hydrogens is 276 g/mol. The zero-order valence-electron chi connectivity index (χ0n) is 7.78. The van der Waals surface area contributed by atoms with Gasteiger partial charge in [0.15, 0.2) is 0 Å². The molecule has 5 nitrogen and oxygen atoms in total. The molecular formula is C8H6Cl3N3O2. The molecule has 0 amide bonds. The lowest BCUT2D eigenvalue weighted by molar-refractivity contribution is -0.384. The summed E-state index contributed by atoms with van der Waals surface area (Å²) < 4.78 is 0. The van der Waals surface area contributed by atoms with Crippen molar-refractivity contribution < 1.29 is 4.92 Å². The minimum absolute atomic E-state index is 0.0255. The van der Waals surface area contributed by atoms with Gasteiger partial charge in [-0.25, -0.2) is 4.99 Å². The van der Waals surface area contributed by atoms with Crippen molar-refractivity contribution in [2.24, 2.45) is 10.7 Å². The van der Waals surface area contributed by atoms with Gasteiger partial charge in [0.25, 0.3) is 5.69 Å². The van der Waals surface area contributed by atoms with E-state index < -0.39 is 4.92 Å². The van der Waals surface area contributed by atoms with Crippen molar-refractivity contribution in [3.63, 3.8) is 0 Å². The van der Waals surface area contributed by atoms with Crippen molar-refractivity contribution in [2.45, 2.75) is 0 Å². The van der Waals surface area contributed by atoms with Crippen LogP contribution < -0.4 is 5.73 Å². The SMILES string of the molecule is NC(CCl)=Nc1cc(Cl)c(Cl)cc1[N+](=O)[O-]. The molecule has 0 bridgehead atoms. The molecule has 1 aromatic carbocycles. The number of nitrogens with zero attached hydrogens (tertiary/aromatic N) is 2. The van der Waals surface area contributed by atoms with Crippen LogP contribution in [0.25, 0.3) is 0 Å². The molecule has 8 heteroatoms. The molecule has 0 unspecified atom stereocenters. The zero-order valence-corrected chi connectivity index (χ0v) is 10.1. The lowest BCUT2D eigenvalue weighted by atomic mass is 10.2. The minimum atomic E-state index is -0.622. The highest BCUT2D eigenvalue weighted by molar-refractivity contribution is 6.42. The molecule has 0 aliphatic carbocycles. The van der Waals surface area contributed by atoms with Gasteiger partial charge in [-0.15, -0.1) is 11.6 Å². The Morgan fingerprint density at radius 2 is 2.00 bits per heavy atom. The normalized spacial score (nSPS) is 11.6. The Labute approximate surface area is 106 Å². The fourth-order valence-electron chi connectivity index (χ4n) is 0.946. The third-order valence-corrected chi connectivity index (χ3v) is 2.61. The molecule has 1 rings (SSSR count). The van der Waals surface area contributed by atoms with Crippen molar-refractivity contribution >= 4 is 52.0 Å². The Bertz CT molecular complexity index is 462. The first-order valence-electron chi connectivity index (χ1n) is 3.98. The van der Waals surface area contributed by atoms with Crippen LogP contribution in [0.4, 0.5) is 11.4 Å². The maximum Gasteiger partial charge on any atom is 0.296 e. The number of nitrogens with two attached hydrogens (primary N) is 1. The lowest BCUT2D eigenvalue weighted by Crippen LogP contribution is -2.12. The molecule has 0 fully saturated rings. The second-order valence-electron chi connectivity index (χ2n) is 2.75. The number of nitro groups is 1. The number of hydrogen-bond donors (Lipinski definition) is 1. The highest BCUT2D eigenvalue weighted by Gasteiger charge is 2.16. The highest BCUT2D eigenvalue weighted by atomic mass is 35.5. The quantitative estimate of drug-likeness (QED) is 0.304. The summed E-state index contributed by atoms with van der Waals surface area (Å²) in [5, 5.41) is 11.0. The molecule has 0 saturated carbocycles. The Hall–Kier alpha value is -1.04. The zero-order chi connectivity index (χ0) is 12.3. The number of benzene rings is 1. The molecule has 0 aromatic heterocycles. The summed E-state index contributed by atoms with van der Waals surface area (Å²) in [5.41, 5.74) is 5.13. The van der Waals surface area contributed by atoms with Gasteiger partial charge in [0.2, 0.25) is 0 Å². The number of hydrogen-bond acceptors (Lipinski definition) is 3. The highest BCUT2D eigenvalue weighted by Crippen LogP contribution is 2.35. The number of rotatable bonds is 3. The van der Waals surface area contributed by atoms with E-state index in [4.69, 9.17) is 40.5 Å². The third-order valence-electron chi connectivity index (χ3n) is 1.62. The van der Waals surface area contributed by atoms with Gasteiger partial charge in [0.1, 0.15) is 11.5 Å². The number of alkyl halides is 1. The Balaban J connectivity index is 3.36. The maximum absolute atomic E-state index is 10.7. The first-order chi connectivity index (χ1) is 7.45. The first kappa shape index (κ1) is 13.0. The van der Waals surface area contributed by atoms with Crippen LogP contribution in [0.3, 0.4) is 0 Å². The summed E-state index contributed by atoms with van der Waals surface area (Å²) in [7, 11) is 0. The average molecular weight is 283 g/mol. The van der Waals surface area contributed by atoms with Crippen molar-refractivity contribution in [3.8, 4) is 0 Å². The average Bonchev–Trinajstić information content (AvgIpc) is 2.22. The predicted molar refractivity (Wildman–Crippen MR) is 65.1 cm³/mol. The molecule has 86 valence electrons. The number of halogens is 3. The van der Waals surface area contributed by atoms with E-state index in [1.54, 1.807) is 0 Å². The van der Waals surface area contributed by atoms with Gasteiger partial charge in [0.05, 0.1) is 20.8 Å². The summed E-state index contributed by atoms with van der Waals surface area (Å²) in [4.78, 5) is 13.9. The van der Waals surface area contributed by atoms with E-state index in [9.17, 15) is 10.1 Å². The maximum atomic E-state index is 10.7. The van der Waals surface area contributed by atoms with E-state index in [1.807, 2.05) is 0 Å². The fraction of sp³-hybridized carbons (Fsp3) is 0.125. The van der Waals surface area contributed by atoms with Crippen molar-refractivity contribution in [1.29, 1.82) is 0 Å².